The number of Topliss-reactive ketones (excluding diaryl/α,β-unsaturated/α-hetero) is 1. The summed E-state index contributed by atoms with van der Waals surface area (Å²) in [7, 11) is -3.92. The third-order valence-corrected chi connectivity index (χ3v) is 25.0. The van der Waals surface area contributed by atoms with Gasteiger partial charge in [-0.25, -0.2) is 22.0 Å². The second-order valence-corrected chi connectivity index (χ2v) is 35.0. The number of phenols is 1. The zero-order valence-electron chi connectivity index (χ0n) is 69.1. The van der Waals surface area contributed by atoms with Crippen LogP contribution < -0.4 is 4.74 Å². The molecule has 0 spiro atoms. The maximum Gasteiger partial charge on any atom is 0.318 e. The van der Waals surface area contributed by atoms with Gasteiger partial charge in [-0.1, -0.05) is 269 Å². The normalized spacial score (nSPS) is 14.6. The molecule has 20 heteroatoms. The Bertz CT molecular complexity index is 4130. The van der Waals surface area contributed by atoms with E-state index in [1.54, 1.807) is 36.4 Å². The van der Waals surface area contributed by atoms with Crippen molar-refractivity contribution in [1.82, 2.24) is 5.06 Å². The van der Waals surface area contributed by atoms with Gasteiger partial charge in [0.2, 0.25) is 11.6 Å². The van der Waals surface area contributed by atoms with Gasteiger partial charge in [-0.05, 0) is 254 Å². The number of esters is 2. The Morgan fingerprint density at radius 2 is 0.911 bits per heavy atom. The molecule has 13 nitrogen and oxygen atoms in total. The molecule has 6 unspecified atom stereocenters. The van der Waals surface area contributed by atoms with E-state index < -0.39 is 56.6 Å². The molecule has 2 aliphatic carbocycles. The number of benzene rings is 7. The van der Waals surface area contributed by atoms with Crippen molar-refractivity contribution in [2.45, 2.75) is 356 Å². The van der Waals surface area contributed by atoms with E-state index in [4.69, 9.17) is 23.6 Å². The number of aryl methyl sites for hydroxylation is 1. The lowest BCUT2D eigenvalue weighted by atomic mass is 9.89. The van der Waals surface area contributed by atoms with Crippen LogP contribution in [0.5, 0.6) is 11.5 Å². The summed E-state index contributed by atoms with van der Waals surface area (Å²) in [6.45, 7) is 36.4. The van der Waals surface area contributed by atoms with Crippen LogP contribution in [0.15, 0.2) is 150 Å². The standard InChI is InChI=1S/C18H17NO5S.C16H23OS.C14H18O2.C14H22O.C13H24O2.C10H14O.C7H3F5.12CH4/c1-3-12(2)13-8-10-14(11-9-13)25(22,23)24-19-17(20)15-6-4-5-7-16(15)18(19)21;1-3-13(2)14-6-8-15(9-7-14)16(17)12-18-10-4-5-11-18;1-3-10(2)14(15)16-13-9-8-11-6-4-5-7-12(11)13;1-6-11(2)12-7-9-13(10-8-12)15-14(3,4)5;1-5-12(3,4)11(14)15-13(6-2)9-7-8-10-13;1-3-8(2)9-4-6-10(11)7-5-9;1-2-3(8)5(10)7(12)6(11)4(2)9;;;;;;;;;;;;/h4-12H,3H2,1-2H3;6-9,13H,3-5,10-12H2,1-2H3;4-7,10,13H,3,8-9H2,1-2H3;7-11H,6H2,1-5H3;5-10H2,1-4H3;4-8,11H,3H2,1-2H3;1H3;12*1H4/q;+1;;;;;;;;;;;;;;;;;. The Labute approximate surface area is 755 Å². The van der Waals surface area contributed by atoms with E-state index in [0.717, 1.165) is 93.8 Å². The number of hydrogen-bond acceptors (Lipinski definition) is 12. The molecule has 2 aliphatic heterocycles. The van der Waals surface area contributed by atoms with Crippen molar-refractivity contribution in [2.75, 3.05) is 17.3 Å². The molecule has 2 heterocycles. The number of fused-ring (bicyclic) bond motifs is 2. The minimum Gasteiger partial charge on any atom is -0.508 e. The van der Waals surface area contributed by atoms with E-state index in [-0.39, 0.29) is 146 Å². The van der Waals surface area contributed by atoms with Crippen LogP contribution in [0.3, 0.4) is 0 Å². The highest BCUT2D eigenvalue weighted by atomic mass is 32.2. The van der Waals surface area contributed by atoms with E-state index in [2.05, 4.69) is 118 Å². The Morgan fingerprint density at radius 3 is 1.31 bits per heavy atom. The highest BCUT2D eigenvalue weighted by Crippen LogP contribution is 2.39. The Balaban J connectivity index is -0.000000211. The lowest BCUT2D eigenvalue weighted by Crippen LogP contribution is -2.37. The largest absolute Gasteiger partial charge is 0.508 e. The molecule has 124 heavy (non-hydrogen) atoms. The van der Waals surface area contributed by atoms with Crippen LogP contribution in [-0.4, -0.2) is 76.6 Å². The molecule has 1 saturated heterocycles. The topological polar surface area (TPSA) is 180 Å². The van der Waals surface area contributed by atoms with Crippen molar-refractivity contribution in [3.8, 4) is 11.5 Å². The average Bonchev–Trinajstić information content (AvgIpc) is 1.69. The van der Waals surface area contributed by atoms with Crippen molar-refractivity contribution >= 4 is 50.5 Å². The SMILES string of the molecule is C.C.C.C.C.C.C.C.C.C.C.C.CCC(C)C(=O)OC1CCc2ccccc21.CCC(C)c1ccc(C(=O)C[S+]2CCCC2)cc1.CCC(C)c1ccc(O)cc1.CCC(C)c1ccc(OC(C)(C)C)cc1.CCC(C)c1ccc(S(=O)(=O)ON2C(=O)c3ccccc3C2=O)cc1.CCC1(OC(=O)C(C)(C)CC)CCCC1.Cc1c(F)c(F)c(F)c(F)c1F. The molecule has 708 valence electrons. The fourth-order valence-electron chi connectivity index (χ4n) is 12.2. The molecule has 0 bridgehead atoms. The summed E-state index contributed by atoms with van der Waals surface area (Å²) in [4.78, 5) is 60.2. The molecular weight excluding hydrogens is 1610 g/mol. The molecule has 4 aliphatic rings. The van der Waals surface area contributed by atoms with E-state index in [1.807, 2.05) is 84.9 Å². The van der Waals surface area contributed by atoms with Gasteiger partial charge in [0.15, 0.2) is 29.0 Å². The Morgan fingerprint density at radius 1 is 0.524 bits per heavy atom. The number of aromatic hydroxyl groups is 1. The summed E-state index contributed by atoms with van der Waals surface area (Å²) in [5, 5.41) is 9.31. The fourth-order valence-corrected chi connectivity index (χ4v) is 15.4. The lowest BCUT2D eigenvalue weighted by molar-refractivity contribution is -0.170. The number of carbonyl (C=O) groups is 5. The maximum atomic E-state index is 12.4. The fraction of sp³-hybridized carbons (Fsp3) is 0.548. The minimum absolute atomic E-state index is 0. The number of ketones is 1. The van der Waals surface area contributed by atoms with Gasteiger partial charge in [-0.15, -0.1) is 9.35 Å². The molecular formula is C104H169F5NO12S2+. The second-order valence-electron chi connectivity index (χ2n) is 31.1. The van der Waals surface area contributed by atoms with E-state index in [1.165, 1.54) is 95.7 Å². The summed E-state index contributed by atoms with van der Waals surface area (Å²) in [5.41, 5.74) is 7.25. The average molecular weight is 1780 g/mol. The number of halogens is 5. The lowest BCUT2D eigenvalue weighted by Gasteiger charge is -2.32. The molecule has 7 aromatic rings. The predicted molar refractivity (Wildman–Crippen MR) is 520 cm³/mol. The third kappa shape index (κ3) is 38.6. The summed E-state index contributed by atoms with van der Waals surface area (Å²) < 4.78 is 108. The van der Waals surface area contributed by atoms with Crippen molar-refractivity contribution in [3.05, 3.63) is 230 Å². The van der Waals surface area contributed by atoms with Crippen molar-refractivity contribution < 1.29 is 77.9 Å². The van der Waals surface area contributed by atoms with Crippen LogP contribution >= 0.6 is 0 Å². The summed E-state index contributed by atoms with van der Waals surface area (Å²) in [6, 6.07) is 44.7. The number of amides is 2. The first kappa shape index (κ1) is 131. The van der Waals surface area contributed by atoms with Crippen LogP contribution in [-0.2, 0) is 50.8 Å². The number of rotatable bonds is 22. The first-order valence-electron chi connectivity index (χ1n) is 39.7. The zero-order chi connectivity index (χ0) is 83.4. The number of phenolic OH excluding ortho intramolecular Hbond substituents is 1. The van der Waals surface area contributed by atoms with Gasteiger partial charge >= 0.3 is 22.1 Å². The predicted octanol–water partition coefficient (Wildman–Crippen LogP) is 31.5. The highest BCUT2D eigenvalue weighted by Gasteiger charge is 2.42. The molecule has 1 saturated carbocycles. The smallest absolute Gasteiger partial charge is 0.318 e. The van der Waals surface area contributed by atoms with Crippen LogP contribution in [0.1, 0.15) is 397 Å². The van der Waals surface area contributed by atoms with Crippen LogP contribution in [0.25, 0.3) is 0 Å². The van der Waals surface area contributed by atoms with E-state index in [9.17, 15) is 54.3 Å². The van der Waals surface area contributed by atoms with Gasteiger partial charge in [0.25, 0.3) is 11.8 Å². The zero-order valence-corrected chi connectivity index (χ0v) is 70.8. The molecule has 6 atom stereocenters. The summed E-state index contributed by atoms with van der Waals surface area (Å²) in [6.07, 6.45) is 16.1. The highest BCUT2D eigenvalue weighted by molar-refractivity contribution is 7.97. The molecule has 0 radical (unpaired) electrons. The van der Waals surface area contributed by atoms with Crippen LogP contribution in [0.2, 0.25) is 0 Å². The molecule has 0 aromatic heterocycles. The quantitative estimate of drug-likeness (QED) is 0.0129. The van der Waals surface area contributed by atoms with Gasteiger partial charge in [0, 0.05) is 11.1 Å². The molecule has 11 rings (SSSR count). The molecule has 2 fully saturated rings. The second kappa shape index (κ2) is 62.0. The first-order chi connectivity index (χ1) is 52.8. The maximum absolute atomic E-state index is 12.4. The van der Waals surface area contributed by atoms with E-state index >= 15 is 0 Å². The van der Waals surface area contributed by atoms with Gasteiger partial charge in [-0.3, -0.25) is 24.0 Å². The number of carbonyl (C=O) groups excluding carboxylic acids is 5. The van der Waals surface area contributed by atoms with Crippen LogP contribution in [0, 0.1) is 47.3 Å². The summed E-state index contributed by atoms with van der Waals surface area (Å²) in [5.74, 6) is -4.10. The van der Waals surface area contributed by atoms with Gasteiger partial charge in [-0.2, -0.15) is 8.42 Å². The summed E-state index contributed by atoms with van der Waals surface area (Å²) >= 11 is 0. The number of ether oxygens (including phenoxy) is 3. The minimum atomic E-state index is -4.29. The van der Waals surface area contributed by atoms with Crippen molar-refractivity contribution in [2.24, 2.45) is 11.3 Å². The van der Waals surface area contributed by atoms with Crippen molar-refractivity contribution in [1.29, 1.82) is 0 Å². The first-order valence-corrected chi connectivity index (χ1v) is 42.9. The van der Waals surface area contributed by atoms with Crippen molar-refractivity contribution in [3.63, 3.8) is 0 Å². The Kier molecular flexibility index (Phi) is 65.7. The molecule has 2 amide bonds. The van der Waals surface area contributed by atoms with E-state index in [0.29, 0.717) is 51.2 Å². The van der Waals surface area contributed by atoms with Gasteiger partial charge < -0.3 is 19.3 Å². The molecule has 7 aromatic carbocycles. The van der Waals surface area contributed by atoms with Gasteiger partial charge in [0.05, 0.1) is 27.4 Å². The number of hydroxylamine groups is 2. The van der Waals surface area contributed by atoms with Gasteiger partial charge in [0.1, 0.15) is 40.3 Å². The number of imide groups is 1. The Hall–Kier alpha value is -8.20. The third-order valence-electron chi connectivity index (χ3n) is 21.4. The number of hydrogen-bond donors (Lipinski definition) is 1. The number of nitrogens with zero attached hydrogens (tertiary/aromatic N) is 1. The monoisotopic (exact) mass is 1780 g/mol. The van der Waals surface area contributed by atoms with Crippen LogP contribution in [0.4, 0.5) is 22.0 Å². The molecule has 1 N–H and O–H groups in total.